The van der Waals surface area contributed by atoms with Gasteiger partial charge >= 0.3 is 0 Å². The molecule has 0 atom stereocenters. The van der Waals surface area contributed by atoms with Gasteiger partial charge in [-0.15, -0.1) is 0 Å². The Labute approximate surface area is 184 Å². The summed E-state index contributed by atoms with van der Waals surface area (Å²) in [6.45, 7) is 9.86. The number of methoxy groups -OCH3 is 2. The van der Waals surface area contributed by atoms with Gasteiger partial charge in [-0.1, -0.05) is 31.5 Å². The third-order valence-electron chi connectivity index (χ3n) is 5.51. The lowest BCUT2D eigenvalue weighted by Gasteiger charge is -2.19. The number of rotatable bonds is 7. The van der Waals surface area contributed by atoms with Gasteiger partial charge < -0.3 is 9.47 Å². The zero-order valence-electron chi connectivity index (χ0n) is 19.4. The standard InChI is InChI=1S/C26H30N2O3/c1-8-20-25(19-12-15(3)10-11-16(19)4)27-21(9-2)26(28-20)24-22(30-6)13-18(17(5)29)14-23(24)31-7/h10-14H,8-9H2,1-7H3. The molecule has 0 fully saturated rings. The molecular weight excluding hydrogens is 388 g/mol. The Kier molecular flexibility index (Phi) is 6.74. The molecule has 5 heteroatoms. The lowest BCUT2D eigenvalue weighted by molar-refractivity contribution is 0.101. The van der Waals surface area contributed by atoms with Crippen LogP contribution in [0.5, 0.6) is 11.5 Å². The molecule has 3 rings (SSSR count). The van der Waals surface area contributed by atoms with Crippen LogP contribution < -0.4 is 9.47 Å². The second kappa shape index (κ2) is 9.29. The van der Waals surface area contributed by atoms with Crippen molar-refractivity contribution in [1.82, 2.24) is 9.97 Å². The lowest BCUT2D eigenvalue weighted by Crippen LogP contribution is -2.07. The van der Waals surface area contributed by atoms with Crippen LogP contribution in [0.25, 0.3) is 22.5 Å². The van der Waals surface area contributed by atoms with E-state index in [-0.39, 0.29) is 5.78 Å². The summed E-state index contributed by atoms with van der Waals surface area (Å²) in [5, 5.41) is 0. The zero-order chi connectivity index (χ0) is 22.7. The van der Waals surface area contributed by atoms with E-state index in [1.165, 1.54) is 18.1 Å². The van der Waals surface area contributed by atoms with E-state index in [4.69, 9.17) is 19.4 Å². The Hall–Kier alpha value is -3.21. The van der Waals surface area contributed by atoms with E-state index in [2.05, 4.69) is 45.9 Å². The number of benzene rings is 2. The van der Waals surface area contributed by atoms with E-state index >= 15 is 0 Å². The predicted molar refractivity (Wildman–Crippen MR) is 124 cm³/mol. The summed E-state index contributed by atoms with van der Waals surface area (Å²) in [4.78, 5) is 22.1. The van der Waals surface area contributed by atoms with Gasteiger partial charge in [0.1, 0.15) is 11.5 Å². The molecule has 0 radical (unpaired) electrons. The molecule has 3 aromatic rings. The van der Waals surface area contributed by atoms with Gasteiger partial charge in [0.2, 0.25) is 0 Å². The first-order valence-electron chi connectivity index (χ1n) is 10.6. The average Bonchev–Trinajstić information content (AvgIpc) is 2.78. The van der Waals surface area contributed by atoms with Crippen molar-refractivity contribution in [3.05, 3.63) is 58.4 Å². The number of nitrogens with zero attached hydrogens (tertiary/aromatic N) is 2. The van der Waals surface area contributed by atoms with Crippen LogP contribution in [0.2, 0.25) is 0 Å². The van der Waals surface area contributed by atoms with Crippen LogP contribution in [0.4, 0.5) is 0 Å². The summed E-state index contributed by atoms with van der Waals surface area (Å²) in [5.74, 6) is 1.05. The van der Waals surface area contributed by atoms with Crippen molar-refractivity contribution in [2.75, 3.05) is 14.2 Å². The van der Waals surface area contributed by atoms with Gasteiger partial charge in [0, 0.05) is 11.1 Å². The minimum Gasteiger partial charge on any atom is -0.496 e. The van der Waals surface area contributed by atoms with Gasteiger partial charge in [-0.25, -0.2) is 9.97 Å². The smallest absolute Gasteiger partial charge is 0.160 e. The van der Waals surface area contributed by atoms with Crippen molar-refractivity contribution in [2.24, 2.45) is 0 Å². The third-order valence-corrected chi connectivity index (χ3v) is 5.51. The maximum Gasteiger partial charge on any atom is 0.160 e. The first-order chi connectivity index (χ1) is 14.8. The molecule has 0 N–H and O–H groups in total. The fourth-order valence-electron chi connectivity index (χ4n) is 3.75. The molecule has 0 aliphatic heterocycles. The minimum absolute atomic E-state index is 0.0514. The van der Waals surface area contributed by atoms with Gasteiger partial charge in [-0.05, 0) is 57.4 Å². The summed E-state index contributed by atoms with van der Waals surface area (Å²) >= 11 is 0. The Morgan fingerprint density at radius 3 is 1.94 bits per heavy atom. The fourth-order valence-corrected chi connectivity index (χ4v) is 3.75. The number of carbonyl (C=O) groups is 1. The van der Waals surface area contributed by atoms with E-state index < -0.39 is 0 Å². The normalized spacial score (nSPS) is 10.8. The molecule has 0 spiro atoms. The number of hydrogen-bond donors (Lipinski definition) is 0. The van der Waals surface area contributed by atoms with Crippen LogP contribution in [0.1, 0.15) is 53.6 Å². The van der Waals surface area contributed by atoms with Gasteiger partial charge in [0.15, 0.2) is 5.78 Å². The van der Waals surface area contributed by atoms with E-state index in [0.717, 1.165) is 40.3 Å². The topological polar surface area (TPSA) is 61.3 Å². The summed E-state index contributed by atoms with van der Waals surface area (Å²) in [5.41, 5.74) is 8.16. The molecule has 0 aliphatic carbocycles. The Bertz CT molecular complexity index is 1110. The van der Waals surface area contributed by atoms with Crippen molar-refractivity contribution < 1.29 is 14.3 Å². The van der Waals surface area contributed by atoms with Crippen LogP contribution in [-0.4, -0.2) is 30.0 Å². The summed E-state index contributed by atoms with van der Waals surface area (Å²) in [7, 11) is 3.18. The number of Topliss-reactive ketones (excluding diaryl/α,β-unsaturated/α-hetero) is 1. The van der Waals surface area contributed by atoms with Crippen LogP contribution >= 0.6 is 0 Å². The SMILES string of the molecule is CCc1nc(-c2c(OC)cc(C(C)=O)cc2OC)c(CC)nc1-c1cc(C)ccc1C. The highest BCUT2D eigenvalue weighted by molar-refractivity contribution is 5.96. The van der Waals surface area contributed by atoms with Gasteiger partial charge in [-0.3, -0.25) is 4.79 Å². The number of hydrogen-bond acceptors (Lipinski definition) is 5. The van der Waals surface area contributed by atoms with Crippen LogP contribution in [0, 0.1) is 13.8 Å². The fraction of sp³-hybridized carbons (Fsp3) is 0.346. The van der Waals surface area contributed by atoms with E-state index in [1.54, 1.807) is 26.4 Å². The van der Waals surface area contributed by atoms with Crippen LogP contribution in [-0.2, 0) is 12.8 Å². The monoisotopic (exact) mass is 418 g/mol. The number of aromatic nitrogens is 2. The number of carbonyl (C=O) groups excluding carboxylic acids is 1. The van der Waals surface area contributed by atoms with Crippen molar-refractivity contribution in [3.63, 3.8) is 0 Å². The van der Waals surface area contributed by atoms with Gasteiger partial charge in [0.25, 0.3) is 0 Å². The molecule has 0 saturated carbocycles. The molecule has 1 aromatic heterocycles. The molecule has 0 unspecified atom stereocenters. The second-order valence-electron chi connectivity index (χ2n) is 7.65. The summed E-state index contributed by atoms with van der Waals surface area (Å²) < 4.78 is 11.3. The average molecular weight is 419 g/mol. The highest BCUT2D eigenvalue weighted by atomic mass is 16.5. The first kappa shape index (κ1) is 22.5. The second-order valence-corrected chi connectivity index (χ2v) is 7.65. The summed E-state index contributed by atoms with van der Waals surface area (Å²) in [6.07, 6.45) is 1.44. The maximum absolute atomic E-state index is 12.0. The van der Waals surface area contributed by atoms with Crippen molar-refractivity contribution in [2.45, 2.75) is 47.5 Å². The van der Waals surface area contributed by atoms with Crippen molar-refractivity contribution in [1.29, 1.82) is 0 Å². The predicted octanol–water partition coefficient (Wildman–Crippen LogP) is 5.77. The first-order valence-corrected chi connectivity index (χ1v) is 10.6. The molecule has 5 nitrogen and oxygen atoms in total. The van der Waals surface area contributed by atoms with E-state index in [1.807, 2.05) is 0 Å². The van der Waals surface area contributed by atoms with Gasteiger partial charge in [-0.2, -0.15) is 0 Å². The molecule has 162 valence electrons. The highest BCUT2D eigenvalue weighted by Gasteiger charge is 2.23. The Morgan fingerprint density at radius 1 is 0.871 bits per heavy atom. The van der Waals surface area contributed by atoms with Crippen LogP contribution in [0.3, 0.4) is 0 Å². The minimum atomic E-state index is -0.0514. The van der Waals surface area contributed by atoms with Crippen LogP contribution in [0.15, 0.2) is 30.3 Å². The van der Waals surface area contributed by atoms with Crippen molar-refractivity contribution in [3.8, 4) is 34.0 Å². The molecule has 0 aliphatic rings. The van der Waals surface area contributed by atoms with Gasteiger partial charge in [0.05, 0.1) is 42.6 Å². The number of ether oxygens (including phenoxy) is 2. The maximum atomic E-state index is 12.0. The molecule has 2 aromatic carbocycles. The molecule has 31 heavy (non-hydrogen) atoms. The Balaban J connectivity index is 2.33. The molecular formula is C26H30N2O3. The van der Waals surface area contributed by atoms with Crippen molar-refractivity contribution >= 4 is 5.78 Å². The largest absolute Gasteiger partial charge is 0.496 e. The lowest BCUT2D eigenvalue weighted by atomic mass is 9.97. The molecule has 1 heterocycles. The Morgan fingerprint density at radius 2 is 1.42 bits per heavy atom. The van der Waals surface area contributed by atoms with E-state index in [9.17, 15) is 4.79 Å². The van der Waals surface area contributed by atoms with E-state index in [0.29, 0.717) is 23.5 Å². The molecule has 0 bridgehead atoms. The third kappa shape index (κ3) is 4.31. The molecule has 0 saturated heterocycles. The highest BCUT2D eigenvalue weighted by Crippen LogP contribution is 2.41. The summed E-state index contributed by atoms with van der Waals surface area (Å²) in [6, 6.07) is 9.88. The number of ketones is 1. The molecule has 0 amide bonds. The zero-order valence-corrected chi connectivity index (χ0v) is 19.4. The number of aryl methyl sites for hydroxylation is 4. The quantitative estimate of drug-likeness (QED) is 0.456.